The van der Waals surface area contributed by atoms with Crippen molar-refractivity contribution in [3.63, 3.8) is 0 Å². The lowest BCUT2D eigenvalue weighted by molar-refractivity contribution is -0.160. The van der Waals surface area contributed by atoms with Gasteiger partial charge in [0.15, 0.2) is 0 Å². The fourth-order valence-corrected chi connectivity index (χ4v) is 4.80. The molecule has 1 aromatic heterocycles. The SMILES string of the molecule is Cc1nn(-c2ccccc2)c2c1C(C(=O)OC(C)(C)C)C(C(=O)OC(C)(C)C)=C(NC1CCCCC1)O2. The number of nitrogens with one attached hydrogen (secondary N) is 1. The molecule has 0 spiro atoms. The van der Waals surface area contributed by atoms with Crippen molar-refractivity contribution in [2.75, 3.05) is 0 Å². The number of rotatable bonds is 5. The van der Waals surface area contributed by atoms with Crippen molar-refractivity contribution < 1.29 is 23.8 Å². The van der Waals surface area contributed by atoms with Crippen LogP contribution in [0.25, 0.3) is 5.69 Å². The maximum absolute atomic E-state index is 13.8. The number of benzene rings is 1. The smallest absolute Gasteiger partial charge is 0.341 e. The van der Waals surface area contributed by atoms with Crippen LogP contribution >= 0.6 is 0 Å². The Labute approximate surface area is 219 Å². The maximum Gasteiger partial charge on any atom is 0.341 e. The molecule has 1 atom stereocenters. The van der Waals surface area contributed by atoms with E-state index in [-0.39, 0.29) is 17.5 Å². The zero-order valence-electron chi connectivity index (χ0n) is 23.0. The number of aromatic nitrogens is 2. The number of ether oxygens (including phenoxy) is 3. The quantitative estimate of drug-likeness (QED) is 0.534. The van der Waals surface area contributed by atoms with Crippen molar-refractivity contribution in [3.8, 4) is 11.6 Å². The number of carbonyl (C=O) groups excluding carboxylic acids is 2. The molecule has 0 radical (unpaired) electrons. The number of carbonyl (C=O) groups is 2. The molecule has 1 aliphatic carbocycles. The van der Waals surface area contributed by atoms with E-state index >= 15 is 0 Å². The molecule has 1 N–H and O–H groups in total. The molecule has 1 aromatic carbocycles. The minimum atomic E-state index is -1.05. The van der Waals surface area contributed by atoms with Crippen LogP contribution in [0.2, 0.25) is 0 Å². The van der Waals surface area contributed by atoms with Crippen LogP contribution in [0.1, 0.15) is 90.8 Å². The molecule has 1 fully saturated rings. The molecule has 2 aliphatic rings. The van der Waals surface area contributed by atoms with E-state index < -0.39 is 29.1 Å². The Hall–Kier alpha value is -3.29. The molecular formula is C29H39N3O5. The number of fused-ring (bicyclic) bond motifs is 1. The summed E-state index contributed by atoms with van der Waals surface area (Å²) in [5.41, 5.74) is 0.475. The minimum Gasteiger partial charge on any atom is -0.459 e. The summed E-state index contributed by atoms with van der Waals surface area (Å²) < 4.78 is 19.8. The van der Waals surface area contributed by atoms with Gasteiger partial charge in [0.05, 0.1) is 16.9 Å². The van der Waals surface area contributed by atoms with Crippen molar-refractivity contribution in [1.29, 1.82) is 0 Å². The number of aryl methyl sites for hydroxylation is 1. The fraction of sp³-hybridized carbons (Fsp3) is 0.552. The average molecular weight is 510 g/mol. The summed E-state index contributed by atoms with van der Waals surface area (Å²) in [4.78, 5) is 27.5. The van der Waals surface area contributed by atoms with E-state index in [1.807, 2.05) is 58.0 Å². The van der Waals surface area contributed by atoms with E-state index in [0.29, 0.717) is 17.1 Å². The number of para-hydroxylation sites is 1. The summed E-state index contributed by atoms with van der Waals surface area (Å²) in [6.07, 6.45) is 5.27. The van der Waals surface area contributed by atoms with E-state index in [4.69, 9.17) is 19.3 Å². The third-order valence-electron chi connectivity index (χ3n) is 6.29. The van der Waals surface area contributed by atoms with Gasteiger partial charge < -0.3 is 19.5 Å². The molecule has 2 heterocycles. The second kappa shape index (κ2) is 10.2. The summed E-state index contributed by atoms with van der Waals surface area (Å²) in [6.45, 7) is 12.6. The first-order chi connectivity index (χ1) is 17.3. The average Bonchev–Trinajstić information content (AvgIpc) is 3.13. The van der Waals surface area contributed by atoms with Crippen molar-refractivity contribution >= 4 is 11.9 Å². The Bertz CT molecular complexity index is 1180. The monoisotopic (exact) mass is 509 g/mol. The molecule has 37 heavy (non-hydrogen) atoms. The number of hydrogen-bond donors (Lipinski definition) is 1. The Balaban J connectivity index is 1.90. The summed E-state index contributed by atoms with van der Waals surface area (Å²) >= 11 is 0. The van der Waals surface area contributed by atoms with Gasteiger partial charge >= 0.3 is 11.9 Å². The van der Waals surface area contributed by atoms with Crippen LogP contribution in [0.15, 0.2) is 41.8 Å². The van der Waals surface area contributed by atoms with E-state index in [0.717, 1.165) is 31.4 Å². The molecule has 8 heteroatoms. The highest BCUT2D eigenvalue weighted by Gasteiger charge is 2.46. The topological polar surface area (TPSA) is 91.7 Å². The molecule has 0 amide bonds. The van der Waals surface area contributed by atoms with E-state index in [1.165, 1.54) is 6.42 Å². The van der Waals surface area contributed by atoms with Crippen LogP contribution in [0, 0.1) is 6.92 Å². The van der Waals surface area contributed by atoms with E-state index in [2.05, 4.69) is 5.32 Å². The Morgan fingerprint density at radius 3 is 2.19 bits per heavy atom. The predicted octanol–water partition coefficient (Wildman–Crippen LogP) is 5.47. The van der Waals surface area contributed by atoms with Gasteiger partial charge in [0.2, 0.25) is 11.8 Å². The lowest BCUT2D eigenvalue weighted by Gasteiger charge is -2.33. The Morgan fingerprint density at radius 1 is 0.973 bits per heavy atom. The number of hydrogen-bond acceptors (Lipinski definition) is 7. The highest BCUT2D eigenvalue weighted by atomic mass is 16.6. The van der Waals surface area contributed by atoms with Crippen molar-refractivity contribution in [1.82, 2.24) is 15.1 Å². The van der Waals surface area contributed by atoms with Crippen molar-refractivity contribution in [2.45, 2.75) is 104 Å². The largest absolute Gasteiger partial charge is 0.459 e. The number of nitrogens with zero attached hydrogens (tertiary/aromatic N) is 2. The zero-order valence-corrected chi connectivity index (χ0v) is 23.0. The van der Waals surface area contributed by atoms with Crippen LogP contribution in [-0.4, -0.2) is 39.0 Å². The summed E-state index contributed by atoms with van der Waals surface area (Å²) in [7, 11) is 0. The third-order valence-corrected chi connectivity index (χ3v) is 6.29. The van der Waals surface area contributed by atoms with Crippen molar-refractivity contribution in [3.05, 3.63) is 53.0 Å². The molecule has 2 aromatic rings. The van der Waals surface area contributed by atoms with Gasteiger partial charge in [-0.05, 0) is 73.4 Å². The van der Waals surface area contributed by atoms with Crippen LogP contribution in [0.3, 0.4) is 0 Å². The summed E-state index contributed by atoms with van der Waals surface area (Å²) in [5, 5.41) is 8.18. The van der Waals surface area contributed by atoms with Crippen molar-refractivity contribution in [2.24, 2.45) is 0 Å². The first-order valence-electron chi connectivity index (χ1n) is 13.1. The highest BCUT2D eigenvalue weighted by molar-refractivity contribution is 6.00. The second-order valence-corrected chi connectivity index (χ2v) is 11.8. The van der Waals surface area contributed by atoms with Gasteiger partial charge in [-0.3, -0.25) is 4.79 Å². The summed E-state index contributed by atoms with van der Waals surface area (Å²) in [5.74, 6) is -1.58. The lowest BCUT2D eigenvalue weighted by atomic mass is 9.88. The zero-order chi connectivity index (χ0) is 27.0. The number of esters is 2. The molecule has 1 aliphatic heterocycles. The molecule has 8 nitrogen and oxygen atoms in total. The standard InChI is InChI=1S/C29H39N3O5/c1-18-21-22(26(33)36-28(2,3)4)23(27(34)37-29(5,6)7)24(30-19-14-10-8-11-15-19)35-25(21)32(31-18)20-16-12-9-13-17-20/h9,12-13,16-17,19,22,30H,8,10-11,14-15H2,1-7H3. The first-order valence-corrected chi connectivity index (χ1v) is 13.1. The van der Waals surface area contributed by atoms with Gasteiger partial charge in [0.25, 0.3) is 0 Å². The molecule has 0 bridgehead atoms. The highest BCUT2D eigenvalue weighted by Crippen LogP contribution is 2.44. The maximum atomic E-state index is 13.8. The van der Waals surface area contributed by atoms with Gasteiger partial charge in [0, 0.05) is 6.04 Å². The fourth-order valence-electron chi connectivity index (χ4n) is 4.80. The molecule has 0 saturated heterocycles. The van der Waals surface area contributed by atoms with Gasteiger partial charge in [-0.15, -0.1) is 0 Å². The summed E-state index contributed by atoms with van der Waals surface area (Å²) in [6, 6.07) is 9.70. The lowest BCUT2D eigenvalue weighted by Crippen LogP contribution is -2.41. The van der Waals surface area contributed by atoms with Crippen LogP contribution in [0.5, 0.6) is 5.88 Å². The Kier molecular flexibility index (Phi) is 7.40. The molecule has 4 rings (SSSR count). The van der Waals surface area contributed by atoms with Gasteiger partial charge in [-0.1, -0.05) is 37.5 Å². The molecular weight excluding hydrogens is 470 g/mol. The van der Waals surface area contributed by atoms with Crippen LogP contribution < -0.4 is 10.1 Å². The normalized spacial score (nSPS) is 18.6. The van der Waals surface area contributed by atoms with E-state index in [9.17, 15) is 9.59 Å². The van der Waals surface area contributed by atoms with Gasteiger partial charge in [-0.2, -0.15) is 5.10 Å². The van der Waals surface area contributed by atoms with Gasteiger partial charge in [0.1, 0.15) is 22.7 Å². The van der Waals surface area contributed by atoms with Crippen LogP contribution in [-0.2, 0) is 19.1 Å². The molecule has 1 saturated carbocycles. The predicted molar refractivity (Wildman–Crippen MR) is 140 cm³/mol. The van der Waals surface area contributed by atoms with E-state index in [1.54, 1.807) is 25.5 Å². The Morgan fingerprint density at radius 2 is 1.59 bits per heavy atom. The third kappa shape index (κ3) is 6.17. The van der Waals surface area contributed by atoms with Gasteiger partial charge in [-0.25, -0.2) is 9.48 Å². The first kappa shape index (κ1) is 26.8. The minimum absolute atomic E-state index is 0.121. The second-order valence-electron chi connectivity index (χ2n) is 11.8. The molecule has 1 unspecified atom stereocenters. The van der Waals surface area contributed by atoms with Crippen LogP contribution in [0.4, 0.5) is 0 Å². The molecule has 200 valence electrons.